The molecule has 0 aliphatic heterocycles. The SMILES string of the molecule is CCOc1ccc(-n2c(Cl)ccc2-c2ccc(S(N)(=O)=O)cc2)cc1. The molecule has 0 saturated heterocycles. The molecule has 1 aromatic heterocycles. The largest absolute Gasteiger partial charge is 0.494 e. The number of sulfonamides is 1. The van der Waals surface area contributed by atoms with Gasteiger partial charge in [0.15, 0.2) is 0 Å². The van der Waals surface area contributed by atoms with Crippen LogP contribution in [-0.4, -0.2) is 19.6 Å². The molecule has 0 radical (unpaired) electrons. The van der Waals surface area contributed by atoms with Crippen molar-refractivity contribution in [2.24, 2.45) is 5.14 Å². The van der Waals surface area contributed by atoms with Gasteiger partial charge in [-0.3, -0.25) is 0 Å². The van der Waals surface area contributed by atoms with Crippen molar-refractivity contribution in [1.82, 2.24) is 4.57 Å². The first kappa shape index (κ1) is 17.5. The molecule has 0 bridgehead atoms. The highest BCUT2D eigenvalue weighted by Gasteiger charge is 2.13. The lowest BCUT2D eigenvalue weighted by Gasteiger charge is -2.12. The zero-order valence-corrected chi connectivity index (χ0v) is 15.1. The monoisotopic (exact) mass is 376 g/mol. The molecule has 7 heteroatoms. The van der Waals surface area contributed by atoms with Gasteiger partial charge in [-0.05, 0) is 61.0 Å². The van der Waals surface area contributed by atoms with Crippen LogP contribution in [0.25, 0.3) is 16.9 Å². The number of benzene rings is 2. The Balaban J connectivity index is 2.02. The van der Waals surface area contributed by atoms with E-state index in [9.17, 15) is 8.42 Å². The molecule has 0 saturated carbocycles. The van der Waals surface area contributed by atoms with Crippen molar-refractivity contribution < 1.29 is 13.2 Å². The van der Waals surface area contributed by atoms with Crippen molar-refractivity contribution in [3.8, 4) is 22.7 Å². The van der Waals surface area contributed by atoms with Gasteiger partial charge in [-0.2, -0.15) is 0 Å². The fourth-order valence-corrected chi connectivity index (χ4v) is 3.34. The number of nitrogens with two attached hydrogens (primary N) is 1. The van der Waals surface area contributed by atoms with Crippen molar-refractivity contribution >= 4 is 21.6 Å². The van der Waals surface area contributed by atoms with E-state index < -0.39 is 10.0 Å². The Bertz CT molecular complexity index is 978. The highest BCUT2D eigenvalue weighted by atomic mass is 35.5. The summed E-state index contributed by atoms with van der Waals surface area (Å²) in [6.07, 6.45) is 0. The summed E-state index contributed by atoms with van der Waals surface area (Å²) in [5, 5.41) is 5.69. The van der Waals surface area contributed by atoms with Crippen LogP contribution in [-0.2, 0) is 10.0 Å². The summed E-state index contributed by atoms with van der Waals surface area (Å²) in [5.74, 6) is 0.786. The zero-order chi connectivity index (χ0) is 18.0. The van der Waals surface area contributed by atoms with Gasteiger partial charge in [0.05, 0.1) is 17.2 Å². The fourth-order valence-electron chi connectivity index (χ4n) is 2.57. The number of nitrogens with zero attached hydrogens (tertiary/aromatic N) is 1. The summed E-state index contributed by atoms with van der Waals surface area (Å²) in [4.78, 5) is 0.0709. The molecule has 0 atom stereocenters. The molecule has 3 rings (SSSR count). The summed E-state index contributed by atoms with van der Waals surface area (Å²) in [6, 6.07) is 17.6. The second kappa shape index (κ2) is 6.92. The number of ether oxygens (including phenoxy) is 1. The van der Waals surface area contributed by atoms with E-state index in [1.807, 2.05) is 41.8 Å². The quantitative estimate of drug-likeness (QED) is 0.735. The van der Waals surface area contributed by atoms with Crippen LogP contribution >= 0.6 is 11.6 Å². The summed E-state index contributed by atoms with van der Waals surface area (Å²) >= 11 is 6.35. The van der Waals surface area contributed by atoms with Crippen LogP contribution in [0.1, 0.15) is 6.92 Å². The van der Waals surface area contributed by atoms with Crippen molar-refractivity contribution in [3.63, 3.8) is 0 Å². The Morgan fingerprint density at radius 1 is 1.00 bits per heavy atom. The second-order valence-electron chi connectivity index (χ2n) is 5.37. The van der Waals surface area contributed by atoms with Crippen LogP contribution in [0, 0.1) is 0 Å². The lowest BCUT2D eigenvalue weighted by Crippen LogP contribution is -2.11. The summed E-state index contributed by atoms with van der Waals surface area (Å²) in [6.45, 7) is 2.53. The van der Waals surface area contributed by atoms with Crippen LogP contribution in [0.3, 0.4) is 0 Å². The normalized spacial score (nSPS) is 11.5. The Morgan fingerprint density at radius 2 is 1.64 bits per heavy atom. The average Bonchev–Trinajstić information content (AvgIpc) is 2.97. The third kappa shape index (κ3) is 3.71. The fraction of sp³-hybridized carbons (Fsp3) is 0.111. The average molecular weight is 377 g/mol. The Labute approximate surface area is 151 Å². The molecule has 0 aliphatic carbocycles. The maximum Gasteiger partial charge on any atom is 0.238 e. The molecule has 3 aromatic rings. The van der Waals surface area contributed by atoms with E-state index in [1.165, 1.54) is 12.1 Å². The minimum absolute atomic E-state index is 0.0709. The highest BCUT2D eigenvalue weighted by Crippen LogP contribution is 2.30. The molecule has 1 heterocycles. The number of hydrogen-bond donors (Lipinski definition) is 1. The number of hydrogen-bond acceptors (Lipinski definition) is 3. The molecule has 0 amide bonds. The molecule has 0 fully saturated rings. The Morgan fingerprint density at radius 3 is 2.20 bits per heavy atom. The molecule has 130 valence electrons. The molecule has 5 nitrogen and oxygen atoms in total. The van der Waals surface area contributed by atoms with E-state index in [1.54, 1.807) is 18.2 Å². The Hall–Kier alpha value is -2.28. The van der Waals surface area contributed by atoms with E-state index >= 15 is 0 Å². The minimum Gasteiger partial charge on any atom is -0.494 e. The van der Waals surface area contributed by atoms with Gasteiger partial charge in [0.25, 0.3) is 0 Å². The van der Waals surface area contributed by atoms with Crippen molar-refractivity contribution in [3.05, 3.63) is 65.8 Å². The van der Waals surface area contributed by atoms with Crippen LogP contribution in [0.15, 0.2) is 65.6 Å². The van der Waals surface area contributed by atoms with Crippen LogP contribution in [0.5, 0.6) is 5.75 Å². The number of halogens is 1. The van der Waals surface area contributed by atoms with Gasteiger partial charge < -0.3 is 9.30 Å². The number of primary sulfonamides is 1. The minimum atomic E-state index is -3.72. The summed E-state index contributed by atoms with van der Waals surface area (Å²) in [7, 11) is -3.72. The van der Waals surface area contributed by atoms with Crippen molar-refractivity contribution in [2.75, 3.05) is 6.61 Å². The zero-order valence-electron chi connectivity index (χ0n) is 13.5. The molecule has 25 heavy (non-hydrogen) atoms. The van der Waals surface area contributed by atoms with Crippen LogP contribution in [0.2, 0.25) is 5.15 Å². The Kier molecular flexibility index (Phi) is 4.85. The third-order valence-corrected chi connectivity index (χ3v) is 4.94. The molecule has 0 unspecified atom stereocenters. The molecule has 2 aromatic carbocycles. The first-order valence-electron chi connectivity index (χ1n) is 7.64. The summed E-state index contributed by atoms with van der Waals surface area (Å²) < 4.78 is 30.1. The number of rotatable bonds is 5. The predicted molar refractivity (Wildman–Crippen MR) is 98.8 cm³/mol. The van der Waals surface area contributed by atoms with E-state index in [0.29, 0.717) is 11.8 Å². The molecule has 2 N–H and O–H groups in total. The number of aromatic nitrogens is 1. The van der Waals surface area contributed by atoms with E-state index in [4.69, 9.17) is 21.5 Å². The maximum atomic E-state index is 11.4. The van der Waals surface area contributed by atoms with Gasteiger partial charge in [-0.15, -0.1) is 0 Å². The third-order valence-electron chi connectivity index (χ3n) is 3.72. The second-order valence-corrected chi connectivity index (χ2v) is 7.32. The van der Waals surface area contributed by atoms with E-state index in [0.717, 1.165) is 22.7 Å². The molecular weight excluding hydrogens is 360 g/mol. The first-order valence-corrected chi connectivity index (χ1v) is 9.56. The standard InChI is InChI=1S/C18H17ClN2O3S/c1-2-24-15-7-5-14(6-8-15)21-17(11-12-18(21)19)13-3-9-16(10-4-13)25(20,22)23/h3-12H,2H2,1H3,(H2,20,22,23). The topological polar surface area (TPSA) is 74.3 Å². The lowest BCUT2D eigenvalue weighted by molar-refractivity contribution is 0.340. The highest BCUT2D eigenvalue weighted by molar-refractivity contribution is 7.89. The van der Waals surface area contributed by atoms with Gasteiger partial charge in [0, 0.05) is 5.69 Å². The molecular formula is C18H17ClN2O3S. The van der Waals surface area contributed by atoms with E-state index in [2.05, 4.69) is 0 Å². The van der Waals surface area contributed by atoms with Gasteiger partial charge in [0.2, 0.25) is 10.0 Å². The smallest absolute Gasteiger partial charge is 0.238 e. The maximum absolute atomic E-state index is 11.4. The van der Waals surface area contributed by atoms with Crippen LogP contribution < -0.4 is 9.88 Å². The predicted octanol–water partition coefficient (Wildman–Crippen LogP) is 3.84. The summed E-state index contributed by atoms with van der Waals surface area (Å²) in [5.41, 5.74) is 2.55. The van der Waals surface area contributed by atoms with Gasteiger partial charge in [-0.25, -0.2) is 13.6 Å². The first-order chi connectivity index (χ1) is 11.9. The van der Waals surface area contributed by atoms with Crippen LogP contribution in [0.4, 0.5) is 0 Å². The molecule has 0 spiro atoms. The van der Waals surface area contributed by atoms with Crippen molar-refractivity contribution in [1.29, 1.82) is 0 Å². The van der Waals surface area contributed by atoms with Crippen molar-refractivity contribution in [2.45, 2.75) is 11.8 Å². The van der Waals surface area contributed by atoms with Gasteiger partial charge in [0.1, 0.15) is 10.9 Å². The van der Waals surface area contributed by atoms with Gasteiger partial charge in [-0.1, -0.05) is 23.7 Å². The lowest BCUT2D eigenvalue weighted by atomic mass is 10.1. The molecule has 0 aliphatic rings. The van der Waals surface area contributed by atoms with E-state index in [-0.39, 0.29) is 4.90 Å². The van der Waals surface area contributed by atoms with Gasteiger partial charge >= 0.3 is 0 Å².